The zero-order valence-electron chi connectivity index (χ0n) is 11.3. The Morgan fingerprint density at radius 2 is 2.11 bits per heavy atom. The molecule has 0 aliphatic carbocycles. The van der Waals surface area contributed by atoms with Gasteiger partial charge in [-0.1, -0.05) is 37.1 Å². The Morgan fingerprint density at radius 1 is 1.32 bits per heavy atom. The molecule has 0 amide bonds. The van der Waals surface area contributed by atoms with Crippen LogP contribution in [0.1, 0.15) is 19.4 Å². The third kappa shape index (κ3) is 2.08. The second-order valence-corrected chi connectivity index (χ2v) is 5.77. The van der Waals surface area contributed by atoms with Crippen LogP contribution in [0.4, 0.5) is 0 Å². The molecule has 0 aliphatic heterocycles. The summed E-state index contributed by atoms with van der Waals surface area (Å²) in [5.74, 6) is 0.559. The van der Waals surface area contributed by atoms with Gasteiger partial charge in [-0.05, 0) is 25.0 Å². The summed E-state index contributed by atoms with van der Waals surface area (Å²) in [5, 5.41) is 1.60. The Balaban J connectivity index is 2.41. The molecule has 2 heterocycles. The van der Waals surface area contributed by atoms with Gasteiger partial charge in [-0.15, -0.1) is 0 Å². The van der Waals surface area contributed by atoms with Gasteiger partial charge in [-0.2, -0.15) is 0 Å². The zero-order valence-corrected chi connectivity index (χ0v) is 12.1. The number of rotatable bonds is 2. The Labute approximate surface area is 117 Å². The number of nitrogens with zero attached hydrogens (tertiary/aromatic N) is 3. The van der Waals surface area contributed by atoms with Gasteiger partial charge in [0.25, 0.3) is 0 Å². The molecule has 19 heavy (non-hydrogen) atoms. The molecule has 1 aromatic carbocycles. The first-order chi connectivity index (χ1) is 9.06. The molecule has 98 valence electrons. The van der Waals surface area contributed by atoms with Crippen molar-refractivity contribution in [3.63, 3.8) is 0 Å². The van der Waals surface area contributed by atoms with Crippen molar-refractivity contribution in [3.05, 3.63) is 35.2 Å². The van der Waals surface area contributed by atoms with Gasteiger partial charge in [0.2, 0.25) is 0 Å². The Bertz CT molecular complexity index is 759. The van der Waals surface area contributed by atoms with E-state index in [4.69, 9.17) is 11.6 Å². The summed E-state index contributed by atoms with van der Waals surface area (Å²) in [6.07, 6.45) is 1.86. The summed E-state index contributed by atoms with van der Waals surface area (Å²) in [5.41, 5.74) is 4.02. The Hall–Kier alpha value is -1.61. The van der Waals surface area contributed by atoms with E-state index < -0.39 is 0 Å². The monoisotopic (exact) mass is 273 g/mol. The quantitative estimate of drug-likeness (QED) is 0.655. The molecule has 0 atom stereocenters. The van der Waals surface area contributed by atoms with Gasteiger partial charge in [0.05, 0.1) is 17.4 Å². The predicted molar refractivity (Wildman–Crippen MR) is 79.6 cm³/mol. The highest BCUT2D eigenvalue weighted by Crippen LogP contribution is 2.29. The first-order valence-corrected chi connectivity index (χ1v) is 6.84. The lowest BCUT2D eigenvalue weighted by atomic mass is 10.1. The van der Waals surface area contributed by atoms with Crippen LogP contribution >= 0.6 is 11.6 Å². The van der Waals surface area contributed by atoms with E-state index >= 15 is 0 Å². The number of aryl methyl sites for hydroxylation is 1. The molecule has 0 unspecified atom stereocenters. The molecule has 0 saturated carbocycles. The fraction of sp³-hybridized carbons (Fsp3) is 0.333. The number of hydrogen-bond donors (Lipinski definition) is 0. The third-order valence-corrected chi connectivity index (χ3v) is 3.48. The van der Waals surface area contributed by atoms with Crippen LogP contribution in [0.5, 0.6) is 0 Å². The van der Waals surface area contributed by atoms with Crippen LogP contribution in [-0.2, 0) is 6.54 Å². The molecule has 4 heteroatoms. The summed E-state index contributed by atoms with van der Waals surface area (Å²) in [7, 11) is 0. The normalized spacial score (nSPS) is 11.8. The molecule has 0 radical (unpaired) electrons. The molecule has 3 rings (SSSR count). The highest BCUT2D eigenvalue weighted by molar-refractivity contribution is 6.35. The van der Waals surface area contributed by atoms with E-state index in [0.717, 1.165) is 28.5 Å². The average Bonchev–Trinajstić information content (AvgIpc) is 2.74. The lowest BCUT2D eigenvalue weighted by Crippen LogP contribution is -2.03. The summed E-state index contributed by atoms with van der Waals surface area (Å²) >= 11 is 6.24. The average molecular weight is 274 g/mol. The number of benzene rings is 1. The predicted octanol–water partition coefficient (Wildman–Crippen LogP) is 4.20. The van der Waals surface area contributed by atoms with Crippen molar-refractivity contribution in [2.75, 3.05) is 0 Å². The lowest BCUT2D eigenvalue weighted by Gasteiger charge is -2.09. The van der Waals surface area contributed by atoms with Crippen LogP contribution in [-0.4, -0.2) is 14.5 Å². The van der Waals surface area contributed by atoms with Crippen molar-refractivity contribution in [2.24, 2.45) is 5.92 Å². The topological polar surface area (TPSA) is 30.7 Å². The maximum Gasteiger partial charge on any atom is 0.157 e. The Kier molecular flexibility index (Phi) is 2.94. The molecule has 0 bridgehead atoms. The van der Waals surface area contributed by atoms with E-state index in [1.807, 2.05) is 12.4 Å². The molecule has 0 spiro atoms. The van der Waals surface area contributed by atoms with Crippen molar-refractivity contribution in [1.29, 1.82) is 0 Å². The maximum atomic E-state index is 6.24. The van der Waals surface area contributed by atoms with E-state index in [2.05, 4.69) is 47.4 Å². The van der Waals surface area contributed by atoms with E-state index in [-0.39, 0.29) is 0 Å². The van der Waals surface area contributed by atoms with E-state index in [9.17, 15) is 0 Å². The number of fused-ring (bicyclic) bond motifs is 3. The van der Waals surface area contributed by atoms with Gasteiger partial charge in [0, 0.05) is 11.9 Å². The molecular weight excluding hydrogens is 258 g/mol. The number of aromatic nitrogens is 3. The van der Waals surface area contributed by atoms with Crippen LogP contribution in [0.25, 0.3) is 21.9 Å². The summed E-state index contributed by atoms with van der Waals surface area (Å²) in [4.78, 5) is 8.85. The minimum Gasteiger partial charge on any atom is -0.330 e. The van der Waals surface area contributed by atoms with Crippen LogP contribution in [0.15, 0.2) is 24.5 Å². The summed E-state index contributed by atoms with van der Waals surface area (Å²) in [6, 6.07) is 6.23. The third-order valence-electron chi connectivity index (χ3n) is 3.22. The fourth-order valence-corrected chi connectivity index (χ4v) is 2.67. The fourth-order valence-electron chi connectivity index (χ4n) is 2.44. The van der Waals surface area contributed by atoms with Gasteiger partial charge in [0.1, 0.15) is 5.52 Å². The second-order valence-electron chi connectivity index (χ2n) is 5.41. The molecule has 3 aromatic rings. The molecule has 0 saturated heterocycles. The largest absolute Gasteiger partial charge is 0.330 e. The standard InChI is InChI=1S/C15H16ClN3/c1-9(2)7-19-8-17-13-14(19)11-6-10(3)4-5-12(11)18-15(13)16/h4-6,8-9H,7H2,1-3H3. The minimum absolute atomic E-state index is 0.480. The summed E-state index contributed by atoms with van der Waals surface area (Å²) < 4.78 is 2.18. The highest BCUT2D eigenvalue weighted by Gasteiger charge is 2.13. The minimum atomic E-state index is 0.480. The van der Waals surface area contributed by atoms with Gasteiger partial charge in [-0.25, -0.2) is 9.97 Å². The van der Waals surface area contributed by atoms with Crippen molar-refractivity contribution in [3.8, 4) is 0 Å². The van der Waals surface area contributed by atoms with Crippen molar-refractivity contribution in [1.82, 2.24) is 14.5 Å². The number of pyridine rings is 1. The first-order valence-electron chi connectivity index (χ1n) is 6.47. The van der Waals surface area contributed by atoms with Crippen molar-refractivity contribution < 1.29 is 0 Å². The number of halogens is 1. The van der Waals surface area contributed by atoms with Crippen molar-refractivity contribution >= 4 is 33.5 Å². The molecule has 3 nitrogen and oxygen atoms in total. The van der Waals surface area contributed by atoms with Crippen LogP contribution in [0.3, 0.4) is 0 Å². The van der Waals surface area contributed by atoms with E-state index in [0.29, 0.717) is 11.1 Å². The van der Waals surface area contributed by atoms with Gasteiger partial charge in [0.15, 0.2) is 5.15 Å². The maximum absolute atomic E-state index is 6.24. The number of hydrogen-bond acceptors (Lipinski definition) is 2. The van der Waals surface area contributed by atoms with Gasteiger partial charge < -0.3 is 4.57 Å². The molecular formula is C15H16ClN3. The highest BCUT2D eigenvalue weighted by atomic mass is 35.5. The summed E-state index contributed by atoms with van der Waals surface area (Å²) in [6.45, 7) is 7.41. The van der Waals surface area contributed by atoms with Crippen molar-refractivity contribution in [2.45, 2.75) is 27.3 Å². The van der Waals surface area contributed by atoms with E-state index in [1.165, 1.54) is 5.56 Å². The zero-order chi connectivity index (χ0) is 13.6. The molecule has 2 aromatic heterocycles. The lowest BCUT2D eigenvalue weighted by molar-refractivity contribution is 0.533. The second kappa shape index (κ2) is 4.49. The van der Waals surface area contributed by atoms with E-state index in [1.54, 1.807) is 0 Å². The first kappa shape index (κ1) is 12.4. The number of imidazole rings is 1. The Morgan fingerprint density at radius 3 is 2.84 bits per heavy atom. The van der Waals surface area contributed by atoms with Gasteiger partial charge >= 0.3 is 0 Å². The molecule has 0 fully saturated rings. The SMILES string of the molecule is Cc1ccc2nc(Cl)c3ncn(CC(C)C)c3c2c1. The van der Waals surface area contributed by atoms with Crippen LogP contribution in [0.2, 0.25) is 5.15 Å². The molecule has 0 aliphatic rings. The smallest absolute Gasteiger partial charge is 0.157 e. The molecule has 0 N–H and O–H groups in total. The van der Waals surface area contributed by atoms with Gasteiger partial charge in [-0.3, -0.25) is 0 Å². The van der Waals surface area contributed by atoms with Crippen LogP contribution in [0, 0.1) is 12.8 Å². The van der Waals surface area contributed by atoms with Crippen LogP contribution < -0.4 is 0 Å².